The summed E-state index contributed by atoms with van der Waals surface area (Å²) in [4.78, 5) is 17.2. The van der Waals surface area contributed by atoms with Crippen LogP contribution in [0.4, 0.5) is 0 Å². The molecule has 0 aliphatic carbocycles. The standard InChI is InChI=1S/C18H17N3O3S/c1-23-14-8-4-12(5-9-14)16-19-18(25-3)21(20-16)17(22)13-6-10-15(24-2)11-7-13/h4-11H,1-3H3. The van der Waals surface area contributed by atoms with Crippen LogP contribution in [-0.4, -0.2) is 41.1 Å². The van der Waals surface area contributed by atoms with Crippen LogP contribution in [0.5, 0.6) is 11.5 Å². The number of benzene rings is 2. The zero-order valence-electron chi connectivity index (χ0n) is 14.1. The molecular weight excluding hydrogens is 338 g/mol. The lowest BCUT2D eigenvalue weighted by Gasteiger charge is -2.04. The van der Waals surface area contributed by atoms with E-state index >= 15 is 0 Å². The van der Waals surface area contributed by atoms with Crippen molar-refractivity contribution in [3.63, 3.8) is 0 Å². The number of thioether (sulfide) groups is 1. The van der Waals surface area contributed by atoms with Gasteiger partial charge < -0.3 is 9.47 Å². The van der Waals surface area contributed by atoms with Crippen LogP contribution >= 0.6 is 11.8 Å². The molecule has 25 heavy (non-hydrogen) atoms. The van der Waals surface area contributed by atoms with Crippen molar-refractivity contribution in [2.45, 2.75) is 5.16 Å². The third kappa shape index (κ3) is 3.51. The largest absolute Gasteiger partial charge is 0.497 e. The third-order valence-corrected chi connectivity index (χ3v) is 4.27. The minimum Gasteiger partial charge on any atom is -0.497 e. The van der Waals surface area contributed by atoms with Crippen LogP contribution in [0.2, 0.25) is 0 Å². The molecule has 0 saturated carbocycles. The fourth-order valence-electron chi connectivity index (χ4n) is 2.28. The van der Waals surface area contributed by atoms with E-state index in [0.29, 0.717) is 22.3 Å². The van der Waals surface area contributed by atoms with Gasteiger partial charge in [0.2, 0.25) is 0 Å². The number of nitrogens with zero attached hydrogens (tertiary/aromatic N) is 3. The summed E-state index contributed by atoms with van der Waals surface area (Å²) in [5.41, 5.74) is 1.33. The smallest absolute Gasteiger partial charge is 0.280 e. The molecule has 0 atom stereocenters. The van der Waals surface area contributed by atoms with Gasteiger partial charge in [-0.25, -0.2) is 4.98 Å². The number of ether oxygens (including phenoxy) is 2. The first-order chi connectivity index (χ1) is 12.2. The fourth-order valence-corrected chi connectivity index (χ4v) is 2.75. The molecule has 0 unspecified atom stereocenters. The molecule has 6 nitrogen and oxygen atoms in total. The Kier molecular flexibility index (Phi) is 5.04. The van der Waals surface area contributed by atoms with Crippen LogP contribution in [0.3, 0.4) is 0 Å². The summed E-state index contributed by atoms with van der Waals surface area (Å²) in [5.74, 6) is 1.70. The minimum atomic E-state index is -0.237. The van der Waals surface area contributed by atoms with E-state index in [2.05, 4.69) is 10.1 Å². The van der Waals surface area contributed by atoms with Gasteiger partial charge in [-0.3, -0.25) is 4.79 Å². The van der Waals surface area contributed by atoms with Crippen LogP contribution in [0.25, 0.3) is 11.4 Å². The van der Waals surface area contributed by atoms with Gasteiger partial charge in [0, 0.05) is 11.1 Å². The molecule has 0 saturated heterocycles. The highest BCUT2D eigenvalue weighted by Gasteiger charge is 2.18. The van der Waals surface area contributed by atoms with E-state index in [-0.39, 0.29) is 5.91 Å². The SMILES string of the molecule is COc1ccc(C(=O)n2nc(-c3ccc(OC)cc3)nc2SC)cc1. The molecule has 7 heteroatoms. The van der Waals surface area contributed by atoms with Crippen molar-refractivity contribution in [1.29, 1.82) is 0 Å². The minimum absolute atomic E-state index is 0.237. The molecule has 0 N–H and O–H groups in total. The Hall–Kier alpha value is -2.80. The van der Waals surface area contributed by atoms with Crippen LogP contribution < -0.4 is 9.47 Å². The molecule has 0 fully saturated rings. The van der Waals surface area contributed by atoms with E-state index in [0.717, 1.165) is 11.3 Å². The zero-order valence-corrected chi connectivity index (χ0v) is 14.9. The molecule has 0 aliphatic rings. The van der Waals surface area contributed by atoms with Gasteiger partial charge in [0.25, 0.3) is 5.91 Å². The number of aromatic nitrogens is 3. The second-order valence-electron chi connectivity index (χ2n) is 5.10. The lowest BCUT2D eigenvalue weighted by molar-refractivity contribution is 0.0933. The first kappa shape index (κ1) is 17.0. The van der Waals surface area contributed by atoms with Crippen LogP contribution in [0.1, 0.15) is 10.4 Å². The van der Waals surface area contributed by atoms with E-state index in [9.17, 15) is 4.79 Å². The number of hydrogen-bond acceptors (Lipinski definition) is 6. The lowest BCUT2D eigenvalue weighted by atomic mass is 10.2. The first-order valence-electron chi connectivity index (χ1n) is 7.50. The van der Waals surface area contributed by atoms with E-state index < -0.39 is 0 Å². The third-order valence-electron chi connectivity index (χ3n) is 3.64. The van der Waals surface area contributed by atoms with Gasteiger partial charge in [0.1, 0.15) is 11.5 Å². The lowest BCUT2D eigenvalue weighted by Crippen LogP contribution is -2.14. The molecule has 0 amide bonds. The summed E-state index contributed by atoms with van der Waals surface area (Å²) in [6.45, 7) is 0. The predicted molar refractivity (Wildman–Crippen MR) is 96.5 cm³/mol. The summed E-state index contributed by atoms with van der Waals surface area (Å²) < 4.78 is 11.6. The highest BCUT2D eigenvalue weighted by atomic mass is 32.2. The van der Waals surface area contributed by atoms with Crippen LogP contribution in [0.15, 0.2) is 53.7 Å². The number of hydrogen-bond donors (Lipinski definition) is 0. The number of carbonyl (C=O) groups is 1. The Labute approximate surface area is 149 Å². The monoisotopic (exact) mass is 355 g/mol. The van der Waals surface area contributed by atoms with E-state index in [1.165, 1.54) is 16.4 Å². The maximum absolute atomic E-state index is 12.8. The Morgan fingerprint density at radius 3 is 2.04 bits per heavy atom. The second kappa shape index (κ2) is 7.40. The maximum Gasteiger partial charge on any atom is 0.280 e. The van der Waals surface area contributed by atoms with Crippen molar-refractivity contribution >= 4 is 17.7 Å². The molecule has 0 spiro atoms. The summed E-state index contributed by atoms with van der Waals surface area (Å²) in [5, 5.41) is 4.92. The summed E-state index contributed by atoms with van der Waals surface area (Å²) in [6.07, 6.45) is 1.86. The van der Waals surface area contributed by atoms with Crippen LogP contribution in [0, 0.1) is 0 Å². The predicted octanol–water partition coefficient (Wildman–Crippen LogP) is 3.37. The van der Waals surface area contributed by atoms with Gasteiger partial charge in [-0.05, 0) is 54.8 Å². The molecule has 0 bridgehead atoms. The summed E-state index contributed by atoms with van der Waals surface area (Å²) in [6, 6.07) is 14.3. The molecule has 1 heterocycles. The highest BCUT2D eigenvalue weighted by Crippen LogP contribution is 2.23. The van der Waals surface area contributed by atoms with Gasteiger partial charge in [0.05, 0.1) is 14.2 Å². The van der Waals surface area contributed by atoms with Crippen molar-refractivity contribution in [3.05, 3.63) is 54.1 Å². The van der Waals surface area contributed by atoms with Crippen molar-refractivity contribution < 1.29 is 14.3 Å². The second-order valence-corrected chi connectivity index (χ2v) is 5.87. The van der Waals surface area contributed by atoms with E-state index in [1.54, 1.807) is 38.5 Å². The van der Waals surface area contributed by atoms with Gasteiger partial charge in [-0.15, -0.1) is 5.10 Å². The molecular formula is C18H17N3O3S. The van der Waals surface area contributed by atoms with Crippen molar-refractivity contribution in [2.24, 2.45) is 0 Å². The molecule has 0 aliphatic heterocycles. The van der Waals surface area contributed by atoms with E-state index in [1.807, 2.05) is 30.5 Å². The molecule has 3 aromatic rings. The van der Waals surface area contributed by atoms with E-state index in [4.69, 9.17) is 9.47 Å². The number of methoxy groups -OCH3 is 2. The van der Waals surface area contributed by atoms with Crippen molar-refractivity contribution in [2.75, 3.05) is 20.5 Å². The van der Waals surface area contributed by atoms with Gasteiger partial charge >= 0.3 is 0 Å². The molecule has 0 radical (unpaired) electrons. The zero-order chi connectivity index (χ0) is 17.8. The van der Waals surface area contributed by atoms with Gasteiger partial charge in [-0.2, -0.15) is 4.68 Å². The molecule has 128 valence electrons. The number of rotatable bonds is 5. The molecule has 1 aromatic heterocycles. The Morgan fingerprint density at radius 2 is 1.52 bits per heavy atom. The summed E-state index contributed by atoms with van der Waals surface area (Å²) in [7, 11) is 3.20. The van der Waals surface area contributed by atoms with Gasteiger partial charge in [0.15, 0.2) is 11.0 Å². The van der Waals surface area contributed by atoms with Crippen molar-refractivity contribution in [3.8, 4) is 22.9 Å². The first-order valence-corrected chi connectivity index (χ1v) is 8.73. The molecule has 3 rings (SSSR count). The Morgan fingerprint density at radius 1 is 0.960 bits per heavy atom. The Bertz CT molecular complexity index is 874. The topological polar surface area (TPSA) is 66.2 Å². The maximum atomic E-state index is 12.8. The van der Waals surface area contributed by atoms with Gasteiger partial charge in [-0.1, -0.05) is 11.8 Å². The normalized spacial score (nSPS) is 10.5. The average molecular weight is 355 g/mol. The Balaban J connectivity index is 1.95. The van der Waals surface area contributed by atoms with Crippen molar-refractivity contribution in [1.82, 2.24) is 14.8 Å². The average Bonchev–Trinajstić information content (AvgIpc) is 3.12. The quantitative estimate of drug-likeness (QED) is 0.654. The fraction of sp³-hybridized carbons (Fsp3) is 0.167. The molecule has 2 aromatic carbocycles. The highest BCUT2D eigenvalue weighted by molar-refractivity contribution is 7.98. The summed E-state index contributed by atoms with van der Waals surface area (Å²) >= 11 is 1.37. The van der Waals surface area contributed by atoms with Crippen LogP contribution in [-0.2, 0) is 0 Å². The number of carbonyl (C=O) groups excluding carboxylic acids is 1.